The number of nitrogens with zero attached hydrogens (tertiary/aromatic N) is 1. The van der Waals surface area contributed by atoms with Gasteiger partial charge in [-0.25, -0.2) is 8.42 Å². The number of aromatic amines is 1. The number of sulfonamides is 1. The molecule has 5 heteroatoms. The molecule has 1 N–H and O–H groups in total. The van der Waals surface area contributed by atoms with Crippen LogP contribution in [0.3, 0.4) is 0 Å². The van der Waals surface area contributed by atoms with Crippen LogP contribution in [0.15, 0.2) is 71.6 Å². The van der Waals surface area contributed by atoms with Crippen molar-refractivity contribution in [2.45, 2.75) is 25.3 Å². The minimum atomic E-state index is -3.65. The normalized spacial score (nSPS) is 13.7. The molecule has 0 radical (unpaired) electrons. The Hall–Kier alpha value is -3.31. The van der Waals surface area contributed by atoms with Crippen LogP contribution in [-0.2, 0) is 16.6 Å². The Labute approximate surface area is 174 Å². The predicted octanol–water partition coefficient (Wildman–Crippen LogP) is 5.80. The van der Waals surface area contributed by atoms with Crippen LogP contribution in [0.2, 0.25) is 0 Å². The summed E-state index contributed by atoms with van der Waals surface area (Å²) in [6.07, 6.45) is 0. The van der Waals surface area contributed by atoms with Gasteiger partial charge in [0.25, 0.3) is 10.0 Å². The molecular formula is C25H20N2O2S. The minimum Gasteiger partial charge on any atom is -0.354 e. The maximum atomic E-state index is 13.6. The highest BCUT2D eigenvalue weighted by molar-refractivity contribution is 7.92. The average Bonchev–Trinajstić information content (AvgIpc) is 3.31. The number of H-pyrrole nitrogens is 1. The quantitative estimate of drug-likeness (QED) is 0.398. The number of fused-ring (bicyclic) bond motifs is 4. The van der Waals surface area contributed by atoms with E-state index in [0.29, 0.717) is 11.4 Å². The van der Waals surface area contributed by atoms with Crippen LogP contribution < -0.4 is 4.31 Å². The molecule has 0 atom stereocenters. The fraction of sp³-hybridized carbons (Fsp3) is 0.120. The summed E-state index contributed by atoms with van der Waals surface area (Å²) in [7, 11) is -3.65. The van der Waals surface area contributed by atoms with Crippen molar-refractivity contribution in [1.29, 1.82) is 0 Å². The lowest BCUT2D eigenvalue weighted by atomic mass is 9.99. The molecule has 4 nitrogen and oxygen atoms in total. The number of hydrogen-bond acceptors (Lipinski definition) is 2. The zero-order valence-corrected chi connectivity index (χ0v) is 17.5. The second-order valence-electron chi connectivity index (χ2n) is 8.11. The maximum absolute atomic E-state index is 13.6. The van der Waals surface area contributed by atoms with Crippen molar-refractivity contribution in [2.75, 3.05) is 4.31 Å². The van der Waals surface area contributed by atoms with E-state index in [-0.39, 0.29) is 0 Å². The van der Waals surface area contributed by atoms with Crippen LogP contribution in [-0.4, -0.2) is 13.4 Å². The van der Waals surface area contributed by atoms with Crippen molar-refractivity contribution in [3.8, 4) is 0 Å². The first-order valence-electron chi connectivity index (χ1n) is 10.0. The zero-order valence-electron chi connectivity index (χ0n) is 16.7. The summed E-state index contributed by atoms with van der Waals surface area (Å²) >= 11 is 0. The van der Waals surface area contributed by atoms with Gasteiger partial charge in [-0.15, -0.1) is 0 Å². The molecule has 1 aliphatic heterocycles. The van der Waals surface area contributed by atoms with Crippen molar-refractivity contribution in [3.63, 3.8) is 0 Å². The Balaban J connectivity index is 1.65. The number of aromatic nitrogens is 1. The monoisotopic (exact) mass is 412 g/mol. The first-order chi connectivity index (χ1) is 14.4. The van der Waals surface area contributed by atoms with Crippen molar-refractivity contribution < 1.29 is 8.42 Å². The van der Waals surface area contributed by atoms with Gasteiger partial charge in [0.1, 0.15) is 0 Å². The molecule has 30 heavy (non-hydrogen) atoms. The van der Waals surface area contributed by atoms with E-state index in [9.17, 15) is 8.42 Å². The summed E-state index contributed by atoms with van der Waals surface area (Å²) in [5.74, 6) is 0. The highest BCUT2D eigenvalue weighted by Gasteiger charge is 2.34. The Morgan fingerprint density at radius 3 is 2.43 bits per heavy atom. The van der Waals surface area contributed by atoms with E-state index in [4.69, 9.17) is 0 Å². The Morgan fingerprint density at radius 2 is 1.63 bits per heavy atom. The van der Waals surface area contributed by atoms with E-state index in [1.54, 1.807) is 16.4 Å². The molecule has 0 spiro atoms. The molecule has 6 rings (SSSR count). The lowest BCUT2D eigenvalue weighted by Crippen LogP contribution is -2.28. The second kappa shape index (κ2) is 5.86. The Bertz CT molecular complexity index is 1600. The van der Waals surface area contributed by atoms with Gasteiger partial charge in [0.05, 0.1) is 22.6 Å². The van der Waals surface area contributed by atoms with Crippen LogP contribution in [0.1, 0.15) is 16.7 Å². The number of anilines is 1. The van der Waals surface area contributed by atoms with Gasteiger partial charge in [-0.05, 0) is 49.2 Å². The SMILES string of the molecule is Cc1ccc(S(=O)(=O)N2Cc3cc4c5ccccc5[nH]c4c4ccc(C)c2c34)cc1. The third-order valence-electron chi connectivity index (χ3n) is 6.21. The zero-order chi connectivity index (χ0) is 20.6. The van der Waals surface area contributed by atoms with Crippen LogP contribution in [0, 0.1) is 13.8 Å². The number of aryl methyl sites for hydroxylation is 2. The average molecular weight is 413 g/mol. The second-order valence-corrected chi connectivity index (χ2v) is 9.97. The molecule has 0 amide bonds. The maximum Gasteiger partial charge on any atom is 0.264 e. The van der Waals surface area contributed by atoms with E-state index in [1.807, 2.05) is 44.2 Å². The van der Waals surface area contributed by atoms with Gasteiger partial charge >= 0.3 is 0 Å². The summed E-state index contributed by atoms with van der Waals surface area (Å²) in [5, 5.41) is 4.40. The Morgan fingerprint density at radius 1 is 0.867 bits per heavy atom. The smallest absolute Gasteiger partial charge is 0.264 e. The summed E-state index contributed by atoms with van der Waals surface area (Å²) in [4.78, 5) is 3.87. The van der Waals surface area contributed by atoms with E-state index in [0.717, 1.165) is 55.0 Å². The molecule has 1 aliphatic rings. The largest absolute Gasteiger partial charge is 0.354 e. The van der Waals surface area contributed by atoms with Gasteiger partial charge in [-0.1, -0.05) is 48.0 Å². The molecule has 0 aliphatic carbocycles. The predicted molar refractivity (Wildman–Crippen MR) is 123 cm³/mol. The fourth-order valence-electron chi connectivity index (χ4n) is 4.72. The third kappa shape index (κ3) is 2.24. The lowest BCUT2D eigenvalue weighted by molar-refractivity contribution is 0.591. The fourth-order valence-corrected chi connectivity index (χ4v) is 6.24. The number of para-hydroxylation sites is 1. The van der Waals surface area contributed by atoms with Gasteiger partial charge in [-0.2, -0.15) is 0 Å². The molecule has 4 aromatic carbocycles. The van der Waals surface area contributed by atoms with Crippen LogP contribution >= 0.6 is 0 Å². The summed E-state index contributed by atoms with van der Waals surface area (Å²) in [6, 6.07) is 21.6. The number of hydrogen-bond donors (Lipinski definition) is 1. The lowest BCUT2D eigenvalue weighted by Gasteiger charge is -2.21. The highest BCUT2D eigenvalue weighted by Crippen LogP contribution is 2.46. The number of rotatable bonds is 2. The van der Waals surface area contributed by atoms with Gasteiger partial charge in [-0.3, -0.25) is 4.31 Å². The molecule has 5 aromatic rings. The van der Waals surface area contributed by atoms with Crippen molar-refractivity contribution in [3.05, 3.63) is 83.4 Å². The Kier molecular flexibility index (Phi) is 3.43. The molecular weight excluding hydrogens is 392 g/mol. The summed E-state index contributed by atoms with van der Waals surface area (Å²) in [6.45, 7) is 4.29. The van der Waals surface area contributed by atoms with Crippen molar-refractivity contribution >= 4 is 48.3 Å². The van der Waals surface area contributed by atoms with Crippen LogP contribution in [0.5, 0.6) is 0 Å². The molecule has 0 saturated carbocycles. The van der Waals surface area contributed by atoms with E-state index < -0.39 is 10.0 Å². The highest BCUT2D eigenvalue weighted by atomic mass is 32.2. The summed E-state index contributed by atoms with van der Waals surface area (Å²) in [5.41, 5.74) is 6.01. The number of benzene rings is 4. The minimum absolute atomic E-state index is 0.327. The van der Waals surface area contributed by atoms with Crippen molar-refractivity contribution in [1.82, 2.24) is 4.98 Å². The topological polar surface area (TPSA) is 53.2 Å². The van der Waals surface area contributed by atoms with Crippen LogP contribution in [0.4, 0.5) is 5.69 Å². The first kappa shape index (κ1) is 17.5. The molecule has 2 heterocycles. The molecule has 0 fully saturated rings. The molecule has 148 valence electrons. The number of nitrogens with one attached hydrogen (secondary N) is 1. The van der Waals surface area contributed by atoms with Gasteiger partial charge < -0.3 is 4.98 Å². The standard InChI is InChI=1S/C25H20N2O2S/c1-15-7-10-18(11-8-15)30(28,29)27-14-17-13-21-19-5-3-4-6-22(19)26-24(21)20-12-9-16(2)25(27)23(17)20/h3-13,26H,14H2,1-2H3. The van der Waals surface area contributed by atoms with Gasteiger partial charge in [0.2, 0.25) is 0 Å². The van der Waals surface area contributed by atoms with Crippen LogP contribution in [0.25, 0.3) is 32.6 Å². The van der Waals surface area contributed by atoms with Crippen molar-refractivity contribution in [2.24, 2.45) is 0 Å². The molecule has 0 saturated heterocycles. The molecule has 0 bridgehead atoms. The van der Waals surface area contributed by atoms with Gasteiger partial charge in [0, 0.05) is 27.1 Å². The van der Waals surface area contributed by atoms with E-state index in [2.05, 4.69) is 29.2 Å². The van der Waals surface area contributed by atoms with E-state index in [1.165, 1.54) is 0 Å². The van der Waals surface area contributed by atoms with Gasteiger partial charge in [0.15, 0.2) is 0 Å². The molecule has 1 aromatic heterocycles. The molecule has 0 unspecified atom stereocenters. The first-order valence-corrected chi connectivity index (χ1v) is 11.4. The van der Waals surface area contributed by atoms with E-state index >= 15 is 0 Å². The third-order valence-corrected chi connectivity index (χ3v) is 7.97. The summed E-state index contributed by atoms with van der Waals surface area (Å²) < 4.78 is 28.7.